The van der Waals surface area contributed by atoms with Crippen molar-refractivity contribution >= 4 is 11.9 Å². The van der Waals surface area contributed by atoms with Gasteiger partial charge in [0.05, 0.1) is 0 Å². The number of hydrogen-bond acceptors (Lipinski definition) is 6. The molecule has 1 atom stereocenters. The van der Waals surface area contributed by atoms with Gasteiger partial charge in [-0.1, -0.05) is 32.9 Å². The number of ether oxygens (including phenoxy) is 1. The van der Waals surface area contributed by atoms with Crippen LogP contribution in [0.25, 0.3) is 0 Å². The Morgan fingerprint density at radius 2 is 2.08 bits per heavy atom. The molecule has 0 spiro atoms. The Morgan fingerprint density at radius 1 is 1.31 bits per heavy atom. The van der Waals surface area contributed by atoms with Crippen LogP contribution in [0.3, 0.4) is 0 Å². The van der Waals surface area contributed by atoms with Crippen molar-refractivity contribution in [3.63, 3.8) is 0 Å². The largest absolute Gasteiger partial charge is 0.456 e. The van der Waals surface area contributed by atoms with Crippen LogP contribution >= 0.6 is 0 Å². The van der Waals surface area contributed by atoms with Gasteiger partial charge < -0.3 is 14.2 Å². The third kappa shape index (κ3) is 5.81. The number of aromatic nitrogens is 2. The minimum absolute atomic E-state index is 0.0865. The molecule has 1 saturated heterocycles. The van der Waals surface area contributed by atoms with Gasteiger partial charge >= 0.3 is 5.97 Å². The van der Waals surface area contributed by atoms with Crippen molar-refractivity contribution in [3.05, 3.63) is 11.7 Å². The molecule has 0 radical (unpaired) electrons. The second-order valence-corrected chi connectivity index (χ2v) is 7.92. The van der Waals surface area contributed by atoms with Crippen molar-refractivity contribution < 1.29 is 18.8 Å². The zero-order chi connectivity index (χ0) is 19.2. The standard InChI is InChI=1S/C19H31N3O4/c1-5-14-9-6-7-12-22(14)16(23)13-25-17(24)11-8-10-15-20-18(21-26-15)19(2,3)4/h14H,5-13H2,1-4H3. The highest BCUT2D eigenvalue weighted by atomic mass is 16.5. The number of nitrogens with zero attached hydrogens (tertiary/aromatic N) is 3. The first-order valence-electron chi connectivity index (χ1n) is 9.59. The molecular formula is C19H31N3O4. The summed E-state index contributed by atoms with van der Waals surface area (Å²) in [6, 6.07) is 0.282. The van der Waals surface area contributed by atoms with Crippen LogP contribution in [-0.4, -0.2) is 46.1 Å². The van der Waals surface area contributed by atoms with Crippen molar-refractivity contribution in [2.75, 3.05) is 13.2 Å². The Kier molecular flexibility index (Phi) is 7.17. The Hall–Kier alpha value is -1.92. The molecule has 0 saturated carbocycles. The maximum Gasteiger partial charge on any atom is 0.306 e. The van der Waals surface area contributed by atoms with Gasteiger partial charge in [-0.05, 0) is 32.1 Å². The summed E-state index contributed by atoms with van der Waals surface area (Å²) in [5, 5.41) is 3.96. The molecule has 1 unspecified atom stereocenters. The minimum Gasteiger partial charge on any atom is -0.456 e. The lowest BCUT2D eigenvalue weighted by atomic mass is 9.96. The summed E-state index contributed by atoms with van der Waals surface area (Å²) in [5.41, 5.74) is -0.161. The first kappa shape index (κ1) is 20.4. The summed E-state index contributed by atoms with van der Waals surface area (Å²) in [6.45, 7) is 8.74. The molecule has 1 aromatic heterocycles. The fourth-order valence-corrected chi connectivity index (χ4v) is 3.10. The SMILES string of the molecule is CCC1CCCCN1C(=O)COC(=O)CCCc1nc(C(C)(C)C)no1. The summed E-state index contributed by atoms with van der Waals surface area (Å²) in [5.74, 6) is 0.737. The summed E-state index contributed by atoms with van der Waals surface area (Å²) in [7, 11) is 0. The van der Waals surface area contributed by atoms with Gasteiger partial charge in [0.15, 0.2) is 12.4 Å². The summed E-state index contributed by atoms with van der Waals surface area (Å²) in [6.07, 6.45) is 5.48. The van der Waals surface area contributed by atoms with Gasteiger partial charge in [-0.2, -0.15) is 4.98 Å². The normalized spacial score (nSPS) is 18.0. The highest BCUT2D eigenvalue weighted by molar-refractivity contribution is 5.81. The topological polar surface area (TPSA) is 85.5 Å². The number of likely N-dealkylation sites (tertiary alicyclic amines) is 1. The van der Waals surface area contributed by atoms with E-state index in [9.17, 15) is 9.59 Å². The average molecular weight is 365 g/mol. The highest BCUT2D eigenvalue weighted by Crippen LogP contribution is 2.20. The molecule has 7 nitrogen and oxygen atoms in total. The van der Waals surface area contributed by atoms with Gasteiger partial charge in [-0.15, -0.1) is 0 Å². The fourth-order valence-electron chi connectivity index (χ4n) is 3.10. The lowest BCUT2D eigenvalue weighted by Gasteiger charge is -2.35. The lowest BCUT2D eigenvalue weighted by molar-refractivity contribution is -0.153. The molecule has 146 valence electrons. The molecule has 1 fully saturated rings. The van der Waals surface area contributed by atoms with E-state index < -0.39 is 0 Å². The summed E-state index contributed by atoms with van der Waals surface area (Å²) < 4.78 is 10.4. The van der Waals surface area contributed by atoms with Crippen LogP contribution in [0.2, 0.25) is 0 Å². The zero-order valence-electron chi connectivity index (χ0n) is 16.4. The van der Waals surface area contributed by atoms with Crippen LogP contribution in [0.15, 0.2) is 4.52 Å². The number of carbonyl (C=O) groups excluding carboxylic acids is 2. The van der Waals surface area contributed by atoms with Gasteiger partial charge in [0.25, 0.3) is 5.91 Å². The van der Waals surface area contributed by atoms with Gasteiger partial charge in [0.1, 0.15) is 0 Å². The third-order valence-electron chi connectivity index (χ3n) is 4.69. The summed E-state index contributed by atoms with van der Waals surface area (Å²) in [4.78, 5) is 30.4. The number of piperidine rings is 1. The van der Waals surface area contributed by atoms with E-state index >= 15 is 0 Å². The van der Waals surface area contributed by atoms with Crippen molar-refractivity contribution in [2.24, 2.45) is 0 Å². The molecule has 26 heavy (non-hydrogen) atoms. The van der Waals surface area contributed by atoms with E-state index in [1.807, 2.05) is 25.7 Å². The predicted octanol–water partition coefficient (Wildman–Crippen LogP) is 3.02. The highest BCUT2D eigenvalue weighted by Gasteiger charge is 2.26. The van der Waals surface area contributed by atoms with Crippen LogP contribution in [0, 0.1) is 0 Å². The minimum atomic E-state index is -0.362. The van der Waals surface area contributed by atoms with E-state index in [1.54, 1.807) is 0 Å². The lowest BCUT2D eigenvalue weighted by Crippen LogP contribution is -2.45. The van der Waals surface area contributed by atoms with Gasteiger partial charge in [0.2, 0.25) is 5.89 Å². The van der Waals surface area contributed by atoms with E-state index in [0.717, 1.165) is 32.2 Å². The first-order valence-corrected chi connectivity index (χ1v) is 9.59. The van der Waals surface area contributed by atoms with Crippen molar-refractivity contribution in [3.8, 4) is 0 Å². The van der Waals surface area contributed by atoms with Crippen LogP contribution in [0.4, 0.5) is 0 Å². The molecule has 1 aromatic rings. The molecule has 0 aliphatic carbocycles. The Bertz CT molecular complexity index is 606. The second-order valence-electron chi connectivity index (χ2n) is 7.92. The van der Waals surface area contributed by atoms with Crippen LogP contribution in [0.5, 0.6) is 0 Å². The maximum absolute atomic E-state index is 12.3. The third-order valence-corrected chi connectivity index (χ3v) is 4.69. The number of amides is 1. The van der Waals surface area contributed by atoms with Crippen LogP contribution < -0.4 is 0 Å². The second kappa shape index (κ2) is 9.14. The molecule has 2 heterocycles. The molecule has 1 amide bonds. The number of aryl methyl sites for hydroxylation is 1. The van der Waals surface area contributed by atoms with Crippen LogP contribution in [0.1, 0.15) is 77.9 Å². The Labute approximate surface area is 155 Å². The first-order chi connectivity index (χ1) is 12.3. The average Bonchev–Trinajstić information content (AvgIpc) is 3.09. The molecule has 1 aliphatic rings. The summed E-state index contributed by atoms with van der Waals surface area (Å²) >= 11 is 0. The molecule has 0 aromatic carbocycles. The van der Waals surface area contributed by atoms with Crippen molar-refractivity contribution in [1.82, 2.24) is 15.0 Å². The fraction of sp³-hybridized carbons (Fsp3) is 0.789. The molecule has 1 aliphatic heterocycles. The molecule has 7 heteroatoms. The number of rotatable bonds is 7. The number of carbonyl (C=O) groups is 2. The van der Waals surface area contributed by atoms with E-state index in [-0.39, 0.29) is 36.4 Å². The Balaban J connectivity index is 1.68. The molecular weight excluding hydrogens is 334 g/mol. The maximum atomic E-state index is 12.3. The van der Waals surface area contributed by atoms with Crippen LogP contribution in [-0.2, 0) is 26.2 Å². The molecule has 0 bridgehead atoms. The smallest absolute Gasteiger partial charge is 0.306 e. The quantitative estimate of drug-likeness (QED) is 0.691. The molecule has 2 rings (SSSR count). The monoisotopic (exact) mass is 365 g/mol. The van der Waals surface area contributed by atoms with E-state index in [2.05, 4.69) is 17.1 Å². The van der Waals surface area contributed by atoms with Crippen molar-refractivity contribution in [2.45, 2.75) is 84.1 Å². The van der Waals surface area contributed by atoms with Gasteiger partial charge in [-0.25, -0.2) is 0 Å². The molecule has 0 N–H and O–H groups in total. The Morgan fingerprint density at radius 3 is 2.73 bits per heavy atom. The predicted molar refractivity (Wildman–Crippen MR) is 96.5 cm³/mol. The van der Waals surface area contributed by atoms with Gasteiger partial charge in [0, 0.05) is 30.8 Å². The van der Waals surface area contributed by atoms with Gasteiger partial charge in [-0.3, -0.25) is 9.59 Å². The van der Waals surface area contributed by atoms with E-state index in [4.69, 9.17) is 9.26 Å². The zero-order valence-corrected chi connectivity index (χ0v) is 16.4. The van der Waals surface area contributed by atoms with Crippen molar-refractivity contribution in [1.29, 1.82) is 0 Å². The van der Waals surface area contributed by atoms with E-state index in [0.29, 0.717) is 24.6 Å². The number of esters is 1. The van der Waals surface area contributed by atoms with E-state index in [1.165, 1.54) is 0 Å². The number of hydrogen-bond donors (Lipinski definition) is 0.